The lowest BCUT2D eigenvalue weighted by Gasteiger charge is -2.27. The molecule has 0 amide bonds. The number of nitrogens with one attached hydrogen (secondary N) is 1. The summed E-state index contributed by atoms with van der Waals surface area (Å²) in [5, 5.41) is 5.03. The number of aromatic nitrogens is 3. The maximum Gasteiger partial charge on any atom is 0.340 e. The molecule has 0 bridgehead atoms. The van der Waals surface area contributed by atoms with Crippen molar-refractivity contribution in [2.24, 2.45) is 5.73 Å². The SMILES string of the molecule is C[C@@H]1OC(=O)c2ccc(Nc3cc4c(C(C)(C)N)cnc(OC5(C)CC5)c4cn3)nc2[C@@H]1C. The first-order valence-electron chi connectivity index (χ1n) is 11.3. The van der Waals surface area contributed by atoms with Crippen molar-refractivity contribution in [1.29, 1.82) is 0 Å². The van der Waals surface area contributed by atoms with Gasteiger partial charge in [0.05, 0.1) is 16.6 Å². The summed E-state index contributed by atoms with van der Waals surface area (Å²) in [5.41, 5.74) is 7.84. The van der Waals surface area contributed by atoms with E-state index in [1.165, 1.54) is 0 Å². The van der Waals surface area contributed by atoms with Crippen molar-refractivity contribution in [2.45, 2.75) is 70.6 Å². The van der Waals surface area contributed by atoms with Gasteiger partial charge in [-0.3, -0.25) is 0 Å². The summed E-state index contributed by atoms with van der Waals surface area (Å²) < 4.78 is 11.6. The summed E-state index contributed by atoms with van der Waals surface area (Å²) in [4.78, 5) is 26.1. The van der Waals surface area contributed by atoms with E-state index in [2.05, 4.69) is 22.2 Å². The Morgan fingerprint density at radius 2 is 1.91 bits per heavy atom. The number of fused-ring (bicyclic) bond motifs is 2. The van der Waals surface area contributed by atoms with Gasteiger partial charge in [-0.25, -0.2) is 19.7 Å². The Balaban J connectivity index is 1.54. The number of nitrogens with two attached hydrogens (primary N) is 1. The number of rotatable bonds is 5. The monoisotopic (exact) mass is 447 g/mol. The number of hydrogen-bond donors (Lipinski definition) is 2. The van der Waals surface area contributed by atoms with Crippen molar-refractivity contribution < 1.29 is 14.3 Å². The van der Waals surface area contributed by atoms with Gasteiger partial charge in [0.1, 0.15) is 23.3 Å². The maximum atomic E-state index is 12.2. The van der Waals surface area contributed by atoms with E-state index in [1.807, 2.05) is 33.8 Å². The molecule has 5 rings (SSSR count). The first-order valence-corrected chi connectivity index (χ1v) is 11.3. The maximum absolute atomic E-state index is 12.2. The molecule has 3 N–H and O–H groups in total. The third kappa shape index (κ3) is 3.99. The van der Waals surface area contributed by atoms with E-state index in [4.69, 9.17) is 20.2 Å². The number of hydrogen-bond acceptors (Lipinski definition) is 8. The molecule has 0 aromatic carbocycles. The molecule has 2 atom stereocenters. The molecule has 8 nitrogen and oxygen atoms in total. The minimum Gasteiger partial charge on any atom is -0.471 e. The molecular weight excluding hydrogens is 418 g/mol. The second-order valence-corrected chi connectivity index (χ2v) is 10.0. The average Bonchev–Trinajstić information content (AvgIpc) is 3.48. The fourth-order valence-electron chi connectivity index (χ4n) is 4.04. The number of carbonyl (C=O) groups is 1. The molecular formula is C25H29N5O3. The van der Waals surface area contributed by atoms with Crippen LogP contribution in [0.1, 0.15) is 75.0 Å². The fourth-order valence-corrected chi connectivity index (χ4v) is 4.04. The number of pyridine rings is 3. The van der Waals surface area contributed by atoms with Crippen LogP contribution in [-0.4, -0.2) is 32.6 Å². The average molecular weight is 448 g/mol. The van der Waals surface area contributed by atoms with Crippen LogP contribution in [-0.2, 0) is 10.3 Å². The van der Waals surface area contributed by atoms with Gasteiger partial charge < -0.3 is 20.5 Å². The molecule has 8 heteroatoms. The van der Waals surface area contributed by atoms with E-state index in [9.17, 15) is 4.79 Å². The molecule has 0 radical (unpaired) electrons. The lowest BCUT2D eigenvalue weighted by Crippen LogP contribution is -2.29. The third-order valence-electron chi connectivity index (χ3n) is 6.56. The molecule has 33 heavy (non-hydrogen) atoms. The highest BCUT2D eigenvalue weighted by atomic mass is 16.5. The zero-order chi connectivity index (χ0) is 23.5. The Morgan fingerprint density at radius 3 is 2.61 bits per heavy atom. The van der Waals surface area contributed by atoms with Gasteiger partial charge in [0, 0.05) is 23.9 Å². The van der Waals surface area contributed by atoms with Crippen molar-refractivity contribution in [3.05, 3.63) is 47.4 Å². The molecule has 1 saturated carbocycles. The van der Waals surface area contributed by atoms with Crippen LogP contribution in [0.3, 0.4) is 0 Å². The zero-order valence-electron chi connectivity index (χ0n) is 19.6. The molecule has 172 valence electrons. The Kier molecular flexibility index (Phi) is 4.83. The van der Waals surface area contributed by atoms with Crippen molar-refractivity contribution >= 4 is 28.4 Å². The number of anilines is 2. The largest absolute Gasteiger partial charge is 0.471 e. The van der Waals surface area contributed by atoms with Crippen molar-refractivity contribution in [1.82, 2.24) is 15.0 Å². The van der Waals surface area contributed by atoms with E-state index in [-0.39, 0.29) is 23.6 Å². The highest BCUT2D eigenvalue weighted by Gasteiger charge is 2.41. The molecule has 3 aromatic heterocycles. The lowest BCUT2D eigenvalue weighted by atomic mass is 9.93. The quantitative estimate of drug-likeness (QED) is 0.548. The highest BCUT2D eigenvalue weighted by molar-refractivity contribution is 5.93. The number of ether oxygens (including phenoxy) is 2. The predicted molar refractivity (Wildman–Crippen MR) is 126 cm³/mol. The van der Waals surface area contributed by atoms with Crippen LogP contribution in [0.15, 0.2) is 30.6 Å². The topological polar surface area (TPSA) is 112 Å². The van der Waals surface area contributed by atoms with E-state index in [0.29, 0.717) is 23.1 Å². The normalized spacial score (nSPS) is 21.3. The van der Waals surface area contributed by atoms with Gasteiger partial charge in [0.15, 0.2) is 0 Å². The second kappa shape index (κ2) is 7.38. The van der Waals surface area contributed by atoms with Crippen LogP contribution in [0, 0.1) is 0 Å². The van der Waals surface area contributed by atoms with E-state index >= 15 is 0 Å². The lowest BCUT2D eigenvalue weighted by molar-refractivity contribution is 0.0235. The molecule has 3 aromatic rings. The molecule has 1 aliphatic heterocycles. The fraction of sp³-hybridized carbons (Fsp3) is 0.440. The number of cyclic esters (lactones) is 1. The van der Waals surface area contributed by atoms with Gasteiger partial charge in [0.25, 0.3) is 0 Å². The van der Waals surface area contributed by atoms with Crippen molar-refractivity contribution in [3.8, 4) is 5.88 Å². The first-order chi connectivity index (χ1) is 15.5. The molecule has 2 aliphatic rings. The summed E-state index contributed by atoms with van der Waals surface area (Å²) in [7, 11) is 0. The van der Waals surface area contributed by atoms with E-state index < -0.39 is 5.54 Å². The Labute approximate surface area is 192 Å². The van der Waals surface area contributed by atoms with Gasteiger partial charge in [0.2, 0.25) is 5.88 Å². The summed E-state index contributed by atoms with van der Waals surface area (Å²) in [6.45, 7) is 9.87. The minimum atomic E-state index is -0.595. The number of carbonyl (C=O) groups excluding carboxylic acids is 1. The molecule has 1 aliphatic carbocycles. The number of nitrogens with zero attached hydrogens (tertiary/aromatic N) is 3. The smallest absolute Gasteiger partial charge is 0.340 e. The predicted octanol–water partition coefficient (Wildman–Crippen LogP) is 4.56. The van der Waals surface area contributed by atoms with Gasteiger partial charge in [-0.05, 0) is 69.7 Å². The second-order valence-electron chi connectivity index (χ2n) is 10.0. The third-order valence-corrected chi connectivity index (χ3v) is 6.56. The zero-order valence-corrected chi connectivity index (χ0v) is 19.6. The van der Waals surface area contributed by atoms with Crippen molar-refractivity contribution in [2.75, 3.05) is 5.32 Å². The van der Waals surface area contributed by atoms with E-state index in [0.717, 1.165) is 34.9 Å². The minimum absolute atomic E-state index is 0.00299. The Hall–Kier alpha value is -3.26. The summed E-state index contributed by atoms with van der Waals surface area (Å²) in [6, 6.07) is 5.46. The molecule has 0 saturated heterocycles. The van der Waals surface area contributed by atoms with Gasteiger partial charge in [-0.15, -0.1) is 0 Å². The summed E-state index contributed by atoms with van der Waals surface area (Å²) >= 11 is 0. The molecule has 1 fully saturated rings. The Morgan fingerprint density at radius 1 is 1.15 bits per heavy atom. The first kappa shape index (κ1) is 21.6. The van der Waals surface area contributed by atoms with Crippen molar-refractivity contribution in [3.63, 3.8) is 0 Å². The van der Waals surface area contributed by atoms with Crippen LogP contribution < -0.4 is 15.8 Å². The van der Waals surface area contributed by atoms with E-state index in [1.54, 1.807) is 24.5 Å². The van der Waals surface area contributed by atoms with Crippen LogP contribution in [0.5, 0.6) is 5.88 Å². The van der Waals surface area contributed by atoms with Gasteiger partial charge in [-0.2, -0.15) is 0 Å². The van der Waals surface area contributed by atoms with Crippen LogP contribution in [0.25, 0.3) is 10.8 Å². The molecule has 0 spiro atoms. The Bertz CT molecular complexity index is 1260. The molecule has 0 unspecified atom stereocenters. The standard InChI is InChI=1S/C25H29N5O3/c1-13-14(2)32-23(31)15-6-7-19(30-21(13)15)29-20-10-16-17(11-27-20)22(33-25(5)8-9-25)28-12-18(16)24(3,4)26/h6-7,10-14H,8-9,26H2,1-5H3,(H,27,29,30)/t13-,14+/m1/s1. The van der Waals surface area contributed by atoms with Gasteiger partial charge >= 0.3 is 5.97 Å². The molecule has 4 heterocycles. The summed E-state index contributed by atoms with van der Waals surface area (Å²) in [6.07, 6.45) is 5.37. The highest BCUT2D eigenvalue weighted by Crippen LogP contribution is 2.42. The van der Waals surface area contributed by atoms with Crippen LogP contribution in [0.2, 0.25) is 0 Å². The van der Waals surface area contributed by atoms with Crippen LogP contribution in [0.4, 0.5) is 11.6 Å². The summed E-state index contributed by atoms with van der Waals surface area (Å²) in [5.74, 6) is 1.47. The number of esters is 1. The van der Waals surface area contributed by atoms with Crippen LogP contribution >= 0.6 is 0 Å². The van der Waals surface area contributed by atoms with Gasteiger partial charge in [-0.1, -0.05) is 6.92 Å².